The number of aromatic nitrogens is 2. The van der Waals surface area contributed by atoms with E-state index in [1.807, 2.05) is 65.2 Å². The molecule has 11 rings (SSSR count). The van der Waals surface area contributed by atoms with Crippen molar-refractivity contribution in [1.29, 1.82) is 0 Å². The maximum atomic E-state index is 7.36. The van der Waals surface area contributed by atoms with Crippen molar-refractivity contribution in [1.82, 2.24) is 9.13 Å². The summed E-state index contributed by atoms with van der Waals surface area (Å²) in [5.74, 6) is 0. The highest BCUT2D eigenvalue weighted by molar-refractivity contribution is 6.69. The Morgan fingerprint density at radius 2 is 0.698 bits per heavy atom. The zero-order valence-electron chi connectivity index (χ0n) is 34.2. The van der Waals surface area contributed by atoms with Crippen LogP contribution in [0.1, 0.15) is 0 Å². The zero-order valence-corrected chi connectivity index (χ0v) is 34.2. The topological polar surface area (TPSA) is 9.86 Å². The maximum absolute atomic E-state index is 7.36. The fourth-order valence-corrected chi connectivity index (χ4v) is 9.39. The quantitative estimate of drug-likeness (QED) is 0.181. The molecule has 0 saturated heterocycles. The highest BCUT2D eigenvalue weighted by atomic mass is 15.0. The standard InChI is InChI=1S/C54H29B7N2/c55-46-43(47(56)51(60)53-44(46)45-48(57)49(58)50(59)52(61)54(45)63(53)38-24-18-34(19-25-38)31-12-6-2-7-13-31)36-21-27-41-40(28-36)39-26-20-35(32-14-8-3-9-15-32)29-42(39)62(41)37-22-16-33(17-23-37)30-10-4-1-5-11-30/h1-29H. The lowest BCUT2D eigenvalue weighted by Gasteiger charge is -2.19. The van der Waals surface area contributed by atoms with Gasteiger partial charge in [0.25, 0.3) is 0 Å². The number of benzene rings is 9. The van der Waals surface area contributed by atoms with Crippen LogP contribution in [0.25, 0.3) is 99.5 Å². The molecule has 0 bridgehead atoms. The molecule has 63 heavy (non-hydrogen) atoms. The van der Waals surface area contributed by atoms with Gasteiger partial charge < -0.3 is 9.13 Å². The van der Waals surface area contributed by atoms with E-state index in [1.54, 1.807) is 0 Å². The van der Waals surface area contributed by atoms with Gasteiger partial charge >= 0.3 is 0 Å². The molecule has 276 valence electrons. The fourth-order valence-electron chi connectivity index (χ4n) is 9.39. The molecule has 0 N–H and O–H groups in total. The lowest BCUT2D eigenvalue weighted by Crippen LogP contribution is -2.48. The van der Waals surface area contributed by atoms with Crippen molar-refractivity contribution >= 4 is 137 Å². The van der Waals surface area contributed by atoms with E-state index in [9.17, 15) is 0 Å². The summed E-state index contributed by atoms with van der Waals surface area (Å²) in [7, 11) is 48.5. The molecule has 9 heteroatoms. The van der Waals surface area contributed by atoms with E-state index < -0.39 is 0 Å². The number of rotatable bonds is 6. The lowest BCUT2D eigenvalue weighted by molar-refractivity contribution is 1.18. The van der Waals surface area contributed by atoms with Crippen molar-refractivity contribution in [2.24, 2.45) is 0 Å². The van der Waals surface area contributed by atoms with Crippen LogP contribution < -0.4 is 38.2 Å². The fraction of sp³-hybridized carbons (Fsp3) is 0. The molecule has 9 aromatic carbocycles. The number of hydrogen-bond acceptors (Lipinski definition) is 0. The molecule has 11 aromatic rings. The van der Waals surface area contributed by atoms with Crippen molar-refractivity contribution < 1.29 is 0 Å². The van der Waals surface area contributed by atoms with E-state index >= 15 is 0 Å². The van der Waals surface area contributed by atoms with Gasteiger partial charge in [-0.1, -0.05) is 161 Å². The number of nitrogens with zero attached hydrogens (tertiary/aromatic N) is 2. The van der Waals surface area contributed by atoms with E-state index in [0.29, 0.717) is 43.8 Å². The van der Waals surface area contributed by atoms with Gasteiger partial charge in [0, 0.05) is 38.6 Å². The largest absolute Gasteiger partial charge is 0.311 e. The molecular formula is C54H29B7N2. The summed E-state index contributed by atoms with van der Waals surface area (Å²) < 4.78 is 4.25. The van der Waals surface area contributed by atoms with Crippen LogP contribution in [-0.2, 0) is 0 Å². The third-order valence-corrected chi connectivity index (χ3v) is 12.5. The van der Waals surface area contributed by atoms with Gasteiger partial charge in [-0.05, 0) is 92.4 Å². The molecule has 2 nitrogen and oxygen atoms in total. The minimum absolute atomic E-state index is 0.177. The van der Waals surface area contributed by atoms with Gasteiger partial charge in [0.1, 0.15) is 54.9 Å². The van der Waals surface area contributed by atoms with Gasteiger partial charge in [0.05, 0.1) is 11.0 Å². The van der Waals surface area contributed by atoms with Crippen molar-refractivity contribution in [2.45, 2.75) is 0 Å². The van der Waals surface area contributed by atoms with Crippen LogP contribution in [-0.4, -0.2) is 64.1 Å². The summed E-state index contributed by atoms with van der Waals surface area (Å²) in [5.41, 5.74) is 15.0. The highest BCUT2D eigenvalue weighted by Gasteiger charge is 2.25. The molecule has 0 spiro atoms. The molecule has 2 heterocycles. The summed E-state index contributed by atoms with van der Waals surface area (Å²) in [5, 5.41) is 3.23. The third kappa shape index (κ3) is 6.12. The second kappa shape index (κ2) is 15.1. The van der Waals surface area contributed by atoms with E-state index in [-0.39, 0.29) is 21.9 Å². The van der Waals surface area contributed by atoms with Gasteiger partial charge in [-0.3, -0.25) is 0 Å². The van der Waals surface area contributed by atoms with Crippen LogP contribution in [0, 0.1) is 0 Å². The Kier molecular flexibility index (Phi) is 9.35. The zero-order chi connectivity index (χ0) is 43.1. The average Bonchev–Trinajstić information content (AvgIpc) is 3.87. The Morgan fingerprint density at radius 3 is 1.25 bits per heavy atom. The molecule has 0 aliphatic carbocycles. The Balaban J connectivity index is 1.15. The Morgan fingerprint density at radius 1 is 0.270 bits per heavy atom. The molecule has 0 fully saturated rings. The summed E-state index contributed by atoms with van der Waals surface area (Å²) in [6, 6.07) is 60.7. The molecule has 0 unspecified atom stereocenters. The SMILES string of the molecule is [B]c1c([B])c([B])c2c(c1[B])c1c([B])c(-c3ccc4c(c3)c3ccc(-c5ccccc5)cc3n4-c3ccc(-c4ccccc4)cc3)c([B])c([B])c1n2-c1ccc(-c2ccccc2)cc1. The maximum Gasteiger partial charge on any atom is 0.115 e. The van der Waals surface area contributed by atoms with Crippen LogP contribution in [0.15, 0.2) is 176 Å². The highest BCUT2D eigenvalue weighted by Crippen LogP contribution is 2.38. The predicted octanol–water partition coefficient (Wildman–Crippen LogP) is 6.11. The first-order valence-corrected chi connectivity index (χ1v) is 20.7. The van der Waals surface area contributed by atoms with Crippen molar-refractivity contribution in [3.8, 4) is 55.9 Å². The second-order valence-corrected chi connectivity index (χ2v) is 16.0. The first-order chi connectivity index (χ1) is 30.7. The van der Waals surface area contributed by atoms with Crippen LogP contribution in [0.5, 0.6) is 0 Å². The van der Waals surface area contributed by atoms with Crippen molar-refractivity contribution in [3.05, 3.63) is 176 Å². The Hall–Kier alpha value is -6.97. The molecule has 0 amide bonds. The van der Waals surface area contributed by atoms with Gasteiger partial charge in [0.2, 0.25) is 0 Å². The first-order valence-electron chi connectivity index (χ1n) is 20.7. The minimum Gasteiger partial charge on any atom is -0.311 e. The predicted molar refractivity (Wildman–Crippen MR) is 275 cm³/mol. The summed E-state index contributed by atoms with van der Waals surface area (Å²) in [6.45, 7) is 0. The number of hydrogen-bond donors (Lipinski definition) is 0. The number of fused-ring (bicyclic) bond motifs is 6. The van der Waals surface area contributed by atoms with Crippen LogP contribution in [0.4, 0.5) is 0 Å². The summed E-state index contributed by atoms with van der Waals surface area (Å²) >= 11 is 0. The van der Waals surface area contributed by atoms with E-state index in [0.717, 1.165) is 72.1 Å². The normalized spacial score (nSPS) is 11.6. The molecule has 2 aromatic heterocycles. The smallest absolute Gasteiger partial charge is 0.115 e. The van der Waals surface area contributed by atoms with Gasteiger partial charge in [-0.25, -0.2) is 0 Å². The molecule has 14 radical (unpaired) electrons. The van der Waals surface area contributed by atoms with Crippen molar-refractivity contribution in [3.63, 3.8) is 0 Å². The molecular weight excluding hydrogens is 752 g/mol. The Labute approximate surface area is 375 Å². The summed E-state index contributed by atoms with van der Waals surface area (Å²) in [4.78, 5) is 0. The second-order valence-electron chi connectivity index (χ2n) is 16.0. The molecule has 0 saturated carbocycles. The van der Waals surface area contributed by atoms with Gasteiger partial charge in [-0.2, -0.15) is 0 Å². The van der Waals surface area contributed by atoms with Crippen LogP contribution in [0.2, 0.25) is 0 Å². The first kappa shape index (κ1) is 38.9. The third-order valence-electron chi connectivity index (χ3n) is 12.5. The van der Waals surface area contributed by atoms with E-state index in [1.165, 1.54) is 0 Å². The molecule has 0 aliphatic heterocycles. The van der Waals surface area contributed by atoms with Gasteiger partial charge in [-0.15, -0.1) is 10.9 Å². The van der Waals surface area contributed by atoms with Crippen LogP contribution in [0.3, 0.4) is 0 Å². The van der Waals surface area contributed by atoms with Crippen LogP contribution >= 0.6 is 0 Å². The molecule has 0 aliphatic rings. The van der Waals surface area contributed by atoms with E-state index in [2.05, 4.69) is 120 Å². The monoisotopic (exact) mass is 782 g/mol. The Bertz CT molecular complexity index is 3600. The molecule has 0 atom stereocenters. The van der Waals surface area contributed by atoms with E-state index in [4.69, 9.17) is 54.9 Å². The minimum atomic E-state index is 0.177. The van der Waals surface area contributed by atoms with Crippen molar-refractivity contribution in [2.75, 3.05) is 0 Å². The van der Waals surface area contributed by atoms with Gasteiger partial charge in [0.15, 0.2) is 0 Å². The average molecular weight is 782 g/mol. The lowest BCUT2D eigenvalue weighted by atomic mass is 9.64. The summed E-state index contributed by atoms with van der Waals surface area (Å²) in [6.07, 6.45) is 0.